The highest BCUT2D eigenvalue weighted by molar-refractivity contribution is 7.80. The van der Waals surface area contributed by atoms with Crippen LogP contribution in [-0.2, 0) is 8.85 Å². The Labute approximate surface area is 234 Å². The minimum absolute atomic E-state index is 0.473. The van der Waals surface area contributed by atoms with E-state index in [2.05, 4.69) is 51.8 Å². The van der Waals surface area contributed by atoms with Gasteiger partial charge < -0.3 is 18.7 Å². The van der Waals surface area contributed by atoms with Crippen LogP contribution in [0, 0.1) is 0 Å². The Hall–Kier alpha value is 0.407. The molecule has 0 aromatic rings. The molecule has 0 N–H and O–H groups in total. The van der Waals surface area contributed by atoms with Gasteiger partial charge in [0.25, 0.3) is 0 Å². The van der Waals surface area contributed by atoms with Crippen LogP contribution < -0.4 is 0 Å². The van der Waals surface area contributed by atoms with Gasteiger partial charge in [-0.3, -0.25) is 0 Å². The van der Waals surface area contributed by atoms with Crippen LogP contribution in [0.5, 0.6) is 0 Å². The molecule has 0 aliphatic heterocycles. The summed E-state index contributed by atoms with van der Waals surface area (Å²) >= 11 is 4.99. The maximum Gasteiger partial charge on any atom is 0.338 e. The molecule has 1 unspecified atom stereocenters. The number of rotatable bonds is 28. The number of likely N-dealkylation sites (N-methyl/N-ethyl adjacent to an activating group) is 2. The fraction of sp³-hybridized carbons (Fsp3) is 1.00. The molecule has 0 bridgehead atoms. The molecule has 6 heteroatoms. The third-order valence-corrected chi connectivity index (χ3v) is 11.4. The number of hydrogen-bond donors (Lipinski definition) is 1. The van der Waals surface area contributed by atoms with E-state index in [0.717, 1.165) is 44.8 Å². The second-order valence-electron chi connectivity index (χ2n) is 11.5. The van der Waals surface area contributed by atoms with Gasteiger partial charge in [0.2, 0.25) is 0 Å². The fourth-order valence-electron chi connectivity index (χ4n) is 4.68. The molecule has 0 amide bonds. The van der Waals surface area contributed by atoms with Crippen molar-refractivity contribution in [1.82, 2.24) is 9.80 Å². The molecular formula is C30H66N2O2SSi. The van der Waals surface area contributed by atoms with Crippen LogP contribution in [0.3, 0.4) is 0 Å². The van der Waals surface area contributed by atoms with Gasteiger partial charge in [0, 0.05) is 31.6 Å². The van der Waals surface area contributed by atoms with Crippen molar-refractivity contribution in [3.63, 3.8) is 0 Å². The van der Waals surface area contributed by atoms with E-state index in [4.69, 9.17) is 21.5 Å². The van der Waals surface area contributed by atoms with Crippen molar-refractivity contribution < 1.29 is 8.85 Å². The molecule has 0 aliphatic carbocycles. The Morgan fingerprint density at radius 2 is 0.972 bits per heavy atom. The number of thiol groups is 1. The average molecular weight is 547 g/mol. The van der Waals surface area contributed by atoms with E-state index in [9.17, 15) is 0 Å². The molecule has 0 aromatic heterocycles. The zero-order chi connectivity index (χ0) is 26.9. The Morgan fingerprint density at radius 1 is 0.556 bits per heavy atom. The SMILES string of the molecule is CCCCCCCCCCCC[Si](CCC(S)CCCCCCC)(OCCN(C)C)OCCN(C)C. The van der Waals surface area contributed by atoms with E-state index in [0.29, 0.717) is 5.25 Å². The summed E-state index contributed by atoms with van der Waals surface area (Å²) in [4.78, 5) is 4.44. The summed E-state index contributed by atoms with van der Waals surface area (Å²) in [5.41, 5.74) is 0. The van der Waals surface area contributed by atoms with Crippen LogP contribution >= 0.6 is 12.6 Å². The first-order valence-corrected chi connectivity index (χ1v) is 18.4. The van der Waals surface area contributed by atoms with Crippen molar-refractivity contribution >= 4 is 21.2 Å². The summed E-state index contributed by atoms with van der Waals surface area (Å²) in [6, 6.07) is 2.23. The maximum absolute atomic E-state index is 6.74. The van der Waals surface area contributed by atoms with Crippen LogP contribution in [-0.4, -0.2) is 78.1 Å². The van der Waals surface area contributed by atoms with Gasteiger partial charge in [0.05, 0.1) is 0 Å². The maximum atomic E-state index is 6.74. The van der Waals surface area contributed by atoms with E-state index >= 15 is 0 Å². The lowest BCUT2D eigenvalue weighted by Gasteiger charge is -2.33. The summed E-state index contributed by atoms with van der Waals surface area (Å²) in [6.07, 6.45) is 22.8. The Morgan fingerprint density at radius 3 is 1.42 bits per heavy atom. The van der Waals surface area contributed by atoms with Gasteiger partial charge in [-0.05, 0) is 53.1 Å². The molecule has 0 rings (SSSR count). The predicted octanol–water partition coefficient (Wildman–Crippen LogP) is 8.55. The molecule has 0 heterocycles. The van der Waals surface area contributed by atoms with Gasteiger partial charge in [0.15, 0.2) is 0 Å². The molecule has 4 nitrogen and oxygen atoms in total. The molecule has 0 fully saturated rings. The van der Waals surface area contributed by atoms with E-state index in [1.807, 2.05) is 0 Å². The minimum atomic E-state index is -2.24. The second-order valence-corrected chi connectivity index (χ2v) is 15.7. The molecule has 0 spiro atoms. The van der Waals surface area contributed by atoms with Crippen LogP contribution in [0.1, 0.15) is 123 Å². The lowest BCUT2D eigenvalue weighted by molar-refractivity contribution is 0.143. The second kappa shape index (κ2) is 25.7. The quantitative estimate of drug-likeness (QED) is 0.0603. The van der Waals surface area contributed by atoms with E-state index < -0.39 is 8.56 Å². The van der Waals surface area contributed by atoms with Crippen molar-refractivity contribution in [2.45, 2.75) is 140 Å². The monoisotopic (exact) mass is 546 g/mol. The van der Waals surface area contributed by atoms with E-state index in [1.165, 1.54) is 103 Å². The third-order valence-electron chi connectivity index (χ3n) is 7.22. The van der Waals surface area contributed by atoms with Crippen LogP contribution in [0.15, 0.2) is 0 Å². The summed E-state index contributed by atoms with van der Waals surface area (Å²) in [7, 11) is 6.27. The highest BCUT2D eigenvalue weighted by Gasteiger charge is 2.37. The molecule has 218 valence electrons. The van der Waals surface area contributed by atoms with Crippen LogP contribution in [0.25, 0.3) is 0 Å². The lowest BCUT2D eigenvalue weighted by Crippen LogP contribution is -2.45. The third kappa shape index (κ3) is 23.5. The molecule has 0 saturated carbocycles. The largest absolute Gasteiger partial charge is 0.393 e. The molecular weight excluding hydrogens is 480 g/mol. The first kappa shape index (κ1) is 36.4. The zero-order valence-electron chi connectivity index (χ0n) is 25.5. The fourth-order valence-corrected chi connectivity index (χ4v) is 8.65. The first-order valence-electron chi connectivity index (χ1n) is 15.6. The standard InChI is InChI=1S/C30H66N2O2SSi/c1-7-9-11-13-14-15-16-17-19-21-28-36(33-26-24-31(3)4,34-27-25-32(5)6)29-23-30(35)22-20-18-12-10-8-2/h30,35H,7-29H2,1-6H3. The van der Waals surface area contributed by atoms with Crippen molar-refractivity contribution in [3.8, 4) is 0 Å². The molecule has 0 aromatic carbocycles. The van der Waals surface area contributed by atoms with Crippen molar-refractivity contribution in [1.29, 1.82) is 0 Å². The van der Waals surface area contributed by atoms with Crippen LogP contribution in [0.4, 0.5) is 0 Å². The van der Waals surface area contributed by atoms with Gasteiger partial charge in [-0.15, -0.1) is 0 Å². The Bertz CT molecular complexity index is 441. The molecule has 1 atom stereocenters. The lowest BCUT2D eigenvalue weighted by atomic mass is 10.1. The molecule has 0 aliphatic rings. The van der Waals surface area contributed by atoms with Gasteiger partial charge >= 0.3 is 8.56 Å². The highest BCUT2D eigenvalue weighted by atomic mass is 32.1. The molecule has 0 radical (unpaired) electrons. The predicted molar refractivity (Wildman–Crippen MR) is 167 cm³/mol. The summed E-state index contributed by atoms with van der Waals surface area (Å²) in [5.74, 6) is 0. The number of nitrogens with zero attached hydrogens (tertiary/aromatic N) is 2. The topological polar surface area (TPSA) is 24.9 Å². The van der Waals surface area contributed by atoms with Gasteiger partial charge in [-0.2, -0.15) is 12.6 Å². The molecule has 0 saturated heterocycles. The average Bonchev–Trinajstić information content (AvgIpc) is 2.83. The smallest absolute Gasteiger partial charge is 0.338 e. The Balaban J connectivity index is 4.75. The van der Waals surface area contributed by atoms with E-state index in [1.54, 1.807) is 0 Å². The van der Waals surface area contributed by atoms with Crippen LogP contribution in [0.2, 0.25) is 12.1 Å². The Kier molecular flexibility index (Phi) is 26.0. The van der Waals surface area contributed by atoms with Gasteiger partial charge in [-0.1, -0.05) is 110 Å². The zero-order valence-corrected chi connectivity index (χ0v) is 27.4. The number of hydrogen-bond acceptors (Lipinski definition) is 5. The van der Waals surface area contributed by atoms with Gasteiger partial charge in [0.1, 0.15) is 0 Å². The van der Waals surface area contributed by atoms with Crippen molar-refractivity contribution in [2.24, 2.45) is 0 Å². The van der Waals surface area contributed by atoms with Crippen molar-refractivity contribution in [3.05, 3.63) is 0 Å². The normalized spacial score (nSPS) is 13.2. The summed E-state index contributed by atoms with van der Waals surface area (Å²) < 4.78 is 13.5. The minimum Gasteiger partial charge on any atom is -0.393 e. The first-order chi connectivity index (χ1) is 17.3. The molecule has 36 heavy (non-hydrogen) atoms. The highest BCUT2D eigenvalue weighted by Crippen LogP contribution is 2.28. The summed E-state index contributed by atoms with van der Waals surface area (Å²) in [6.45, 7) is 8.08. The number of unbranched alkanes of at least 4 members (excludes halogenated alkanes) is 13. The van der Waals surface area contributed by atoms with Crippen molar-refractivity contribution in [2.75, 3.05) is 54.5 Å². The van der Waals surface area contributed by atoms with Gasteiger partial charge in [-0.25, -0.2) is 0 Å². The summed E-state index contributed by atoms with van der Waals surface area (Å²) in [5, 5.41) is 0.473. The van der Waals surface area contributed by atoms with E-state index in [-0.39, 0.29) is 0 Å².